The molecule has 5 atom stereocenters. The quantitative estimate of drug-likeness (QED) is 0.232. The highest BCUT2D eigenvalue weighted by Gasteiger charge is 2.50. The number of alkyl halides is 1. The molecule has 214 valence electrons. The first-order valence-corrected chi connectivity index (χ1v) is 14.2. The number of rotatable bonds is 13. The molecule has 0 amide bonds. The first-order valence-electron chi connectivity index (χ1n) is 13.8. The van der Waals surface area contributed by atoms with E-state index in [1.54, 1.807) is 0 Å². The maximum atomic E-state index is 15.7. The van der Waals surface area contributed by atoms with E-state index in [1.165, 1.54) is 0 Å². The summed E-state index contributed by atoms with van der Waals surface area (Å²) in [5.74, 6) is 0. The van der Waals surface area contributed by atoms with Crippen molar-refractivity contribution in [1.82, 2.24) is 4.90 Å². The van der Waals surface area contributed by atoms with Gasteiger partial charge in [0.2, 0.25) is 6.36 Å². The maximum absolute atomic E-state index is 15.7. The van der Waals surface area contributed by atoms with Gasteiger partial charge in [-0.1, -0.05) is 91.0 Å². The Bertz CT molecular complexity index is 1140. The fourth-order valence-electron chi connectivity index (χ4n) is 4.58. The van der Waals surface area contributed by atoms with Gasteiger partial charge in [0.1, 0.15) is 18.3 Å². The van der Waals surface area contributed by atoms with Gasteiger partial charge >= 0.3 is 0 Å². The number of thiocarbonyl (C=S) groups is 1. The molecule has 3 aromatic carbocycles. The monoisotopic (exact) mass is 567 g/mol. The second-order valence-electron chi connectivity index (χ2n) is 9.57. The highest BCUT2D eigenvalue weighted by atomic mass is 32.1. The van der Waals surface area contributed by atoms with E-state index < -0.39 is 30.8 Å². The fourth-order valence-corrected chi connectivity index (χ4v) is 4.95. The number of halogens is 1. The average molecular weight is 568 g/mol. The third kappa shape index (κ3) is 8.56. The maximum Gasteiger partial charge on any atom is 0.259 e. The van der Waals surface area contributed by atoms with Gasteiger partial charge in [-0.3, -0.25) is 0 Å². The Balaban J connectivity index is 1.57. The normalized spacial score (nSPS) is 22.5. The van der Waals surface area contributed by atoms with Crippen molar-refractivity contribution in [3.63, 3.8) is 0 Å². The molecule has 1 aliphatic rings. The Kier molecular flexibility index (Phi) is 11.9. The summed E-state index contributed by atoms with van der Waals surface area (Å²) in [6.45, 7) is 6.25. The molecule has 0 spiro atoms. The summed E-state index contributed by atoms with van der Waals surface area (Å²) in [7, 11) is 0. The Morgan fingerprint density at radius 2 is 1.20 bits per heavy atom. The van der Waals surface area contributed by atoms with Crippen molar-refractivity contribution >= 4 is 17.4 Å². The van der Waals surface area contributed by atoms with Crippen LogP contribution < -0.4 is 0 Å². The highest BCUT2D eigenvalue weighted by Crippen LogP contribution is 2.31. The Morgan fingerprint density at radius 1 is 0.725 bits per heavy atom. The van der Waals surface area contributed by atoms with Crippen LogP contribution in [0.5, 0.6) is 0 Å². The number of nitrogens with zero attached hydrogens (tertiary/aromatic N) is 1. The second-order valence-corrected chi connectivity index (χ2v) is 9.92. The molecule has 40 heavy (non-hydrogen) atoms. The van der Waals surface area contributed by atoms with Crippen molar-refractivity contribution in [3.8, 4) is 0 Å². The van der Waals surface area contributed by atoms with Crippen LogP contribution in [-0.4, -0.2) is 60.5 Å². The van der Waals surface area contributed by atoms with E-state index in [4.69, 9.17) is 35.9 Å². The third-order valence-corrected chi connectivity index (χ3v) is 7.15. The molecular weight excluding hydrogens is 529 g/mol. The third-order valence-electron chi connectivity index (χ3n) is 6.80. The SMILES string of the molecule is CCN(CC)C(=S)O[C@H]1[C@H](OCc2ccccc2)[C@@H](OCc2ccccc2)[C@H](F)O[C@@H]1COCc1ccccc1. The molecule has 1 aliphatic heterocycles. The first kappa shape index (κ1) is 30.1. The summed E-state index contributed by atoms with van der Waals surface area (Å²) in [4.78, 5) is 1.92. The van der Waals surface area contributed by atoms with Crippen LogP contribution in [0.1, 0.15) is 30.5 Å². The van der Waals surface area contributed by atoms with Gasteiger partial charge in [0.15, 0.2) is 6.10 Å². The Hall–Kier alpha value is -2.88. The van der Waals surface area contributed by atoms with Crippen molar-refractivity contribution < 1.29 is 28.1 Å². The molecule has 0 saturated carbocycles. The fraction of sp³-hybridized carbons (Fsp3) is 0.406. The molecule has 1 saturated heterocycles. The van der Waals surface area contributed by atoms with Crippen LogP contribution in [0.3, 0.4) is 0 Å². The summed E-state index contributed by atoms with van der Waals surface area (Å²) in [5, 5.41) is 0.305. The van der Waals surface area contributed by atoms with Gasteiger partial charge in [0, 0.05) is 13.1 Å². The Morgan fingerprint density at radius 3 is 1.70 bits per heavy atom. The molecule has 0 bridgehead atoms. The van der Waals surface area contributed by atoms with Gasteiger partial charge in [0.25, 0.3) is 5.17 Å². The standard InChI is InChI=1S/C32H38FNO5S/c1-3-34(4-2)32(40)39-28-27(23-35-20-24-14-8-5-9-15-24)38-31(33)30(37-22-26-18-12-7-13-19-26)29(28)36-21-25-16-10-6-11-17-25/h5-19,27-31H,3-4,20-23H2,1-2H3/t27-,28-,29+,30-,31-/m1/s1. The molecule has 0 aromatic heterocycles. The van der Waals surface area contributed by atoms with Crippen LogP contribution in [0.2, 0.25) is 0 Å². The van der Waals surface area contributed by atoms with E-state index in [0.29, 0.717) is 24.9 Å². The van der Waals surface area contributed by atoms with Crippen LogP contribution in [-0.2, 0) is 43.5 Å². The lowest BCUT2D eigenvalue weighted by Gasteiger charge is -2.44. The summed E-state index contributed by atoms with van der Waals surface area (Å²) >= 11 is 5.65. The van der Waals surface area contributed by atoms with Crippen molar-refractivity contribution in [2.45, 2.75) is 64.4 Å². The van der Waals surface area contributed by atoms with Crippen molar-refractivity contribution in [3.05, 3.63) is 108 Å². The van der Waals surface area contributed by atoms with Gasteiger partial charge in [-0.2, -0.15) is 0 Å². The lowest BCUT2D eigenvalue weighted by atomic mass is 9.98. The van der Waals surface area contributed by atoms with E-state index in [1.807, 2.05) is 110 Å². The van der Waals surface area contributed by atoms with Crippen molar-refractivity contribution in [1.29, 1.82) is 0 Å². The largest absolute Gasteiger partial charge is 0.462 e. The lowest BCUT2D eigenvalue weighted by molar-refractivity contribution is -0.287. The van der Waals surface area contributed by atoms with Gasteiger partial charge < -0.3 is 28.6 Å². The van der Waals surface area contributed by atoms with E-state index in [-0.39, 0.29) is 19.8 Å². The molecule has 0 N–H and O–H groups in total. The molecule has 0 radical (unpaired) electrons. The molecule has 1 heterocycles. The number of hydrogen-bond acceptors (Lipinski definition) is 6. The Labute approximate surface area is 242 Å². The average Bonchev–Trinajstić information content (AvgIpc) is 2.99. The molecule has 4 rings (SSSR count). The summed E-state index contributed by atoms with van der Waals surface area (Å²) in [6, 6.07) is 29.2. The van der Waals surface area contributed by atoms with Crippen molar-refractivity contribution in [2.24, 2.45) is 0 Å². The molecule has 0 aliphatic carbocycles. The van der Waals surface area contributed by atoms with Gasteiger partial charge in [-0.15, -0.1) is 0 Å². The molecular formula is C32H38FNO5S. The molecule has 3 aromatic rings. The molecule has 0 unspecified atom stereocenters. The second kappa shape index (κ2) is 15.8. The van der Waals surface area contributed by atoms with Crippen molar-refractivity contribution in [2.75, 3.05) is 19.7 Å². The first-order chi connectivity index (χ1) is 19.6. The van der Waals surface area contributed by atoms with Crippen LogP contribution >= 0.6 is 12.2 Å². The summed E-state index contributed by atoms with van der Waals surface area (Å²) in [6.07, 6.45) is -5.15. The number of benzene rings is 3. The molecule has 1 fully saturated rings. The van der Waals surface area contributed by atoms with Crippen LogP contribution in [0.4, 0.5) is 4.39 Å². The predicted molar refractivity (Wildman–Crippen MR) is 156 cm³/mol. The minimum Gasteiger partial charge on any atom is -0.462 e. The van der Waals surface area contributed by atoms with Gasteiger partial charge in [0.05, 0.1) is 26.4 Å². The van der Waals surface area contributed by atoms with Gasteiger partial charge in [-0.05, 0) is 42.8 Å². The summed E-state index contributed by atoms with van der Waals surface area (Å²) < 4.78 is 46.5. The van der Waals surface area contributed by atoms with Crippen LogP contribution in [0.25, 0.3) is 0 Å². The zero-order chi connectivity index (χ0) is 28.2. The van der Waals surface area contributed by atoms with Gasteiger partial charge in [-0.25, -0.2) is 4.39 Å². The lowest BCUT2D eigenvalue weighted by Crippen LogP contribution is -2.61. The summed E-state index contributed by atoms with van der Waals surface area (Å²) in [5.41, 5.74) is 2.88. The highest BCUT2D eigenvalue weighted by molar-refractivity contribution is 7.80. The van der Waals surface area contributed by atoms with E-state index >= 15 is 4.39 Å². The molecule has 8 heteroatoms. The smallest absolute Gasteiger partial charge is 0.259 e. The predicted octanol–water partition coefficient (Wildman–Crippen LogP) is 6.08. The van der Waals surface area contributed by atoms with Crippen LogP contribution in [0.15, 0.2) is 91.0 Å². The van der Waals surface area contributed by atoms with Crippen LogP contribution in [0, 0.1) is 0 Å². The van der Waals surface area contributed by atoms with E-state index in [9.17, 15) is 0 Å². The minimum atomic E-state index is -1.75. The molecule has 6 nitrogen and oxygen atoms in total. The van der Waals surface area contributed by atoms with E-state index in [0.717, 1.165) is 16.7 Å². The number of hydrogen-bond donors (Lipinski definition) is 0. The zero-order valence-corrected chi connectivity index (χ0v) is 23.9. The minimum absolute atomic E-state index is 0.0947. The van der Waals surface area contributed by atoms with E-state index in [2.05, 4.69) is 0 Å². The topological polar surface area (TPSA) is 49.4 Å². The zero-order valence-electron chi connectivity index (χ0n) is 23.1. The number of ether oxygens (including phenoxy) is 5.